The van der Waals surface area contributed by atoms with E-state index in [1.165, 1.54) is 18.2 Å². The molecule has 132 valence electrons. The van der Waals surface area contributed by atoms with Crippen molar-refractivity contribution in [1.82, 2.24) is 5.32 Å². The summed E-state index contributed by atoms with van der Waals surface area (Å²) in [6.07, 6.45) is 0.789. The predicted molar refractivity (Wildman–Crippen MR) is 90.4 cm³/mol. The van der Waals surface area contributed by atoms with Gasteiger partial charge in [0.05, 0.1) is 5.56 Å². The average molecular weight is 369 g/mol. The van der Waals surface area contributed by atoms with Gasteiger partial charge in [0.1, 0.15) is 5.82 Å². The van der Waals surface area contributed by atoms with Crippen molar-refractivity contribution in [3.63, 3.8) is 0 Å². The number of rotatable bonds is 4. The molecule has 2 aromatic rings. The fourth-order valence-electron chi connectivity index (χ4n) is 2.92. The minimum Gasteiger partial charge on any atom is -0.371 e. The van der Waals surface area contributed by atoms with Crippen molar-refractivity contribution in [3.8, 4) is 0 Å². The highest BCUT2D eigenvalue weighted by atomic mass is 35.5. The van der Waals surface area contributed by atoms with Crippen LogP contribution in [0.25, 0.3) is 0 Å². The summed E-state index contributed by atoms with van der Waals surface area (Å²) < 4.78 is 40.0. The Kier molecular flexibility index (Phi) is 5.18. The second-order valence-electron chi connectivity index (χ2n) is 6.03. The Morgan fingerprint density at radius 2 is 1.88 bits per heavy atom. The molecular formula is C18H16ClF3N2O. The number of nitrogens with zero attached hydrogens (tertiary/aromatic N) is 1. The first-order valence-corrected chi connectivity index (χ1v) is 8.25. The van der Waals surface area contributed by atoms with Crippen LogP contribution >= 0.6 is 11.6 Å². The maximum atomic E-state index is 13.7. The lowest BCUT2D eigenvalue weighted by molar-refractivity contribution is 0.0944. The van der Waals surface area contributed by atoms with E-state index < -0.39 is 23.4 Å². The Hall–Kier alpha value is -2.21. The molecule has 1 amide bonds. The molecule has 2 aromatic carbocycles. The lowest BCUT2D eigenvalue weighted by atomic mass is 10.1. The maximum absolute atomic E-state index is 13.7. The molecule has 1 heterocycles. The molecule has 0 spiro atoms. The van der Waals surface area contributed by atoms with Crippen LogP contribution < -0.4 is 10.2 Å². The topological polar surface area (TPSA) is 32.3 Å². The van der Waals surface area contributed by atoms with Gasteiger partial charge in [0.15, 0.2) is 11.6 Å². The molecule has 3 rings (SSSR count). The molecule has 1 aliphatic rings. The van der Waals surface area contributed by atoms with Gasteiger partial charge in [-0.05, 0) is 42.7 Å². The molecule has 1 N–H and O–H groups in total. The molecule has 0 bridgehead atoms. The van der Waals surface area contributed by atoms with Crippen molar-refractivity contribution < 1.29 is 18.0 Å². The molecule has 25 heavy (non-hydrogen) atoms. The van der Waals surface area contributed by atoms with Crippen molar-refractivity contribution in [2.75, 3.05) is 24.5 Å². The molecule has 1 saturated heterocycles. The zero-order chi connectivity index (χ0) is 18.0. The molecule has 1 fully saturated rings. The molecule has 3 nitrogen and oxygen atoms in total. The Labute approximate surface area is 148 Å². The van der Waals surface area contributed by atoms with Crippen LogP contribution in [-0.2, 0) is 0 Å². The highest BCUT2D eigenvalue weighted by Gasteiger charge is 2.24. The third kappa shape index (κ3) is 4.07. The first-order valence-electron chi connectivity index (χ1n) is 7.87. The number of anilines is 1. The van der Waals surface area contributed by atoms with Crippen LogP contribution in [0.5, 0.6) is 0 Å². The van der Waals surface area contributed by atoms with E-state index >= 15 is 0 Å². The van der Waals surface area contributed by atoms with Crippen LogP contribution in [0.4, 0.5) is 18.9 Å². The maximum Gasteiger partial charge on any atom is 0.254 e. The van der Waals surface area contributed by atoms with Crippen LogP contribution in [-0.4, -0.2) is 25.5 Å². The number of halogens is 4. The lowest BCUT2D eigenvalue weighted by Gasteiger charge is -2.19. The Balaban J connectivity index is 1.57. The van der Waals surface area contributed by atoms with Crippen LogP contribution in [0.1, 0.15) is 16.8 Å². The van der Waals surface area contributed by atoms with E-state index in [0.29, 0.717) is 25.3 Å². The van der Waals surface area contributed by atoms with Gasteiger partial charge in [-0.2, -0.15) is 0 Å². The van der Waals surface area contributed by atoms with Gasteiger partial charge in [-0.1, -0.05) is 11.6 Å². The summed E-state index contributed by atoms with van der Waals surface area (Å²) >= 11 is 5.79. The smallest absolute Gasteiger partial charge is 0.254 e. The van der Waals surface area contributed by atoms with Gasteiger partial charge < -0.3 is 10.2 Å². The highest BCUT2D eigenvalue weighted by Crippen LogP contribution is 2.25. The van der Waals surface area contributed by atoms with E-state index in [4.69, 9.17) is 11.6 Å². The van der Waals surface area contributed by atoms with Gasteiger partial charge in [0, 0.05) is 36.4 Å². The van der Waals surface area contributed by atoms with Crippen LogP contribution in [0.3, 0.4) is 0 Å². The summed E-state index contributed by atoms with van der Waals surface area (Å²) in [7, 11) is 0. The molecule has 1 aliphatic heterocycles. The Bertz CT molecular complexity index is 800. The second-order valence-corrected chi connectivity index (χ2v) is 6.47. The van der Waals surface area contributed by atoms with Gasteiger partial charge in [0.25, 0.3) is 5.91 Å². The number of benzene rings is 2. The normalized spacial score (nSPS) is 17.0. The first kappa shape index (κ1) is 17.6. The summed E-state index contributed by atoms with van der Waals surface area (Å²) in [5.74, 6) is -2.77. The fourth-order valence-corrected chi connectivity index (χ4v) is 3.09. The van der Waals surface area contributed by atoms with E-state index in [2.05, 4.69) is 5.32 Å². The van der Waals surface area contributed by atoms with Gasteiger partial charge in [-0.15, -0.1) is 0 Å². The number of amides is 1. The van der Waals surface area contributed by atoms with Crippen LogP contribution in [0.15, 0.2) is 36.4 Å². The van der Waals surface area contributed by atoms with Gasteiger partial charge in [-0.3, -0.25) is 4.79 Å². The summed E-state index contributed by atoms with van der Waals surface area (Å²) in [6, 6.07) is 7.61. The Morgan fingerprint density at radius 3 is 2.64 bits per heavy atom. The Morgan fingerprint density at radius 1 is 1.12 bits per heavy atom. The van der Waals surface area contributed by atoms with Crippen molar-refractivity contribution in [3.05, 3.63) is 64.4 Å². The second kappa shape index (κ2) is 7.35. The van der Waals surface area contributed by atoms with E-state index in [9.17, 15) is 18.0 Å². The predicted octanol–water partition coefficient (Wildman–Crippen LogP) is 4.01. The molecule has 0 aromatic heterocycles. The average Bonchev–Trinajstić information content (AvgIpc) is 3.06. The van der Waals surface area contributed by atoms with E-state index in [0.717, 1.165) is 24.6 Å². The van der Waals surface area contributed by atoms with Crippen molar-refractivity contribution in [2.24, 2.45) is 5.92 Å². The van der Waals surface area contributed by atoms with Crippen molar-refractivity contribution in [2.45, 2.75) is 6.42 Å². The summed E-state index contributed by atoms with van der Waals surface area (Å²) in [5, 5.41) is 2.99. The molecule has 0 saturated carbocycles. The third-order valence-corrected chi connectivity index (χ3v) is 4.51. The van der Waals surface area contributed by atoms with Crippen LogP contribution in [0.2, 0.25) is 5.02 Å². The summed E-state index contributed by atoms with van der Waals surface area (Å²) in [4.78, 5) is 14.0. The minimum absolute atomic E-state index is 0.0945. The van der Waals surface area contributed by atoms with Crippen molar-refractivity contribution in [1.29, 1.82) is 0 Å². The van der Waals surface area contributed by atoms with E-state index in [1.807, 2.05) is 4.90 Å². The molecule has 0 radical (unpaired) electrons. The SMILES string of the molecule is O=C(NCC1CCN(c2ccc(F)c(F)c2)C1)c1cc(Cl)ccc1F. The first-order chi connectivity index (χ1) is 11.9. The quantitative estimate of drug-likeness (QED) is 0.884. The highest BCUT2D eigenvalue weighted by molar-refractivity contribution is 6.31. The zero-order valence-electron chi connectivity index (χ0n) is 13.2. The monoisotopic (exact) mass is 368 g/mol. The molecule has 1 unspecified atom stereocenters. The number of hydrogen-bond donors (Lipinski definition) is 1. The fraction of sp³-hybridized carbons (Fsp3) is 0.278. The number of hydrogen-bond acceptors (Lipinski definition) is 2. The van der Waals surface area contributed by atoms with Crippen LogP contribution in [0, 0.1) is 23.4 Å². The number of carbonyl (C=O) groups is 1. The molecule has 1 atom stereocenters. The molecular weight excluding hydrogens is 353 g/mol. The van der Waals surface area contributed by atoms with Gasteiger partial charge >= 0.3 is 0 Å². The largest absolute Gasteiger partial charge is 0.371 e. The number of nitrogens with one attached hydrogen (secondary N) is 1. The van der Waals surface area contributed by atoms with Gasteiger partial charge in [-0.25, -0.2) is 13.2 Å². The van der Waals surface area contributed by atoms with E-state index in [1.54, 1.807) is 0 Å². The summed E-state index contributed by atoms with van der Waals surface area (Å²) in [5.41, 5.74) is 0.511. The number of carbonyl (C=O) groups excluding carboxylic acids is 1. The summed E-state index contributed by atoms with van der Waals surface area (Å²) in [6.45, 7) is 1.64. The third-order valence-electron chi connectivity index (χ3n) is 4.28. The lowest BCUT2D eigenvalue weighted by Crippen LogP contribution is -2.31. The van der Waals surface area contributed by atoms with E-state index in [-0.39, 0.29) is 16.5 Å². The minimum atomic E-state index is -0.884. The standard InChI is InChI=1S/C18H16ClF3N2O/c19-12-1-3-15(20)14(7-12)18(25)23-9-11-5-6-24(10-11)13-2-4-16(21)17(22)8-13/h1-4,7-8,11H,5-6,9-10H2,(H,23,25). The molecule has 7 heteroatoms. The zero-order valence-corrected chi connectivity index (χ0v) is 14.0. The van der Waals surface area contributed by atoms with Gasteiger partial charge in [0.2, 0.25) is 0 Å². The van der Waals surface area contributed by atoms with Crippen molar-refractivity contribution >= 4 is 23.2 Å². The molecule has 0 aliphatic carbocycles.